The molecule has 0 aromatic heterocycles. The molecule has 0 unspecified atom stereocenters. The second-order valence-electron chi connectivity index (χ2n) is 5.13. The summed E-state index contributed by atoms with van der Waals surface area (Å²) in [5.41, 5.74) is 0.774. The van der Waals surface area contributed by atoms with Crippen LogP contribution in [0.1, 0.15) is 18.4 Å². The Hall–Kier alpha value is -1.13. The van der Waals surface area contributed by atoms with E-state index in [-0.39, 0.29) is 11.9 Å². The number of ether oxygens (including phenoxy) is 1. The van der Waals surface area contributed by atoms with Crippen molar-refractivity contribution in [1.29, 1.82) is 0 Å². The van der Waals surface area contributed by atoms with Crippen molar-refractivity contribution < 1.29 is 9.13 Å². The van der Waals surface area contributed by atoms with Crippen LogP contribution in [0.5, 0.6) is 5.75 Å². The second kappa shape index (κ2) is 5.24. The van der Waals surface area contributed by atoms with Crippen LogP contribution in [0.4, 0.5) is 4.39 Å². The van der Waals surface area contributed by atoms with E-state index < -0.39 is 0 Å². The zero-order valence-corrected chi connectivity index (χ0v) is 10.5. The minimum Gasteiger partial charge on any atom is -0.488 e. The third-order valence-electron chi connectivity index (χ3n) is 3.66. The van der Waals surface area contributed by atoms with E-state index >= 15 is 0 Å². The number of nitrogens with zero attached hydrogens (tertiary/aromatic N) is 1. The van der Waals surface area contributed by atoms with Gasteiger partial charge in [0.2, 0.25) is 0 Å². The number of benzene rings is 1. The van der Waals surface area contributed by atoms with Crippen LogP contribution in [0.3, 0.4) is 0 Å². The SMILES string of the molecule is Fc1cc(OC2CNC2)ccc1CN1CCCC1. The number of hydrogen-bond acceptors (Lipinski definition) is 3. The topological polar surface area (TPSA) is 24.5 Å². The Balaban J connectivity index is 1.63. The quantitative estimate of drug-likeness (QED) is 0.881. The van der Waals surface area contributed by atoms with Crippen LogP contribution in [0.25, 0.3) is 0 Å². The first-order chi connectivity index (χ1) is 8.81. The molecule has 2 heterocycles. The summed E-state index contributed by atoms with van der Waals surface area (Å²) in [4.78, 5) is 2.30. The van der Waals surface area contributed by atoms with Crippen LogP contribution >= 0.6 is 0 Å². The van der Waals surface area contributed by atoms with Gasteiger partial charge in [0, 0.05) is 31.3 Å². The first kappa shape index (κ1) is 11.9. The van der Waals surface area contributed by atoms with E-state index in [0.717, 1.165) is 38.3 Å². The molecule has 18 heavy (non-hydrogen) atoms. The molecular weight excluding hydrogens is 231 g/mol. The molecule has 0 radical (unpaired) electrons. The van der Waals surface area contributed by atoms with Gasteiger partial charge < -0.3 is 10.1 Å². The van der Waals surface area contributed by atoms with Crippen molar-refractivity contribution in [1.82, 2.24) is 10.2 Å². The number of likely N-dealkylation sites (tertiary alicyclic amines) is 1. The van der Waals surface area contributed by atoms with E-state index in [1.54, 1.807) is 0 Å². The highest BCUT2D eigenvalue weighted by molar-refractivity contribution is 5.29. The van der Waals surface area contributed by atoms with Crippen LogP contribution in [-0.4, -0.2) is 37.2 Å². The molecule has 3 nitrogen and oxygen atoms in total. The molecule has 2 aliphatic rings. The summed E-state index contributed by atoms with van der Waals surface area (Å²) in [6, 6.07) is 5.26. The molecule has 0 spiro atoms. The van der Waals surface area contributed by atoms with E-state index in [9.17, 15) is 4.39 Å². The standard InChI is InChI=1S/C14H19FN2O/c15-14-7-12(18-13-8-16-9-13)4-3-11(14)10-17-5-1-2-6-17/h3-4,7,13,16H,1-2,5-6,8-10H2. The molecule has 2 fully saturated rings. The van der Waals surface area contributed by atoms with Crippen molar-refractivity contribution >= 4 is 0 Å². The summed E-state index contributed by atoms with van der Waals surface area (Å²) in [6.07, 6.45) is 2.67. The van der Waals surface area contributed by atoms with Crippen LogP contribution in [-0.2, 0) is 6.54 Å². The lowest BCUT2D eigenvalue weighted by atomic mass is 10.2. The molecule has 1 aromatic carbocycles. The van der Waals surface area contributed by atoms with Crippen LogP contribution in [0, 0.1) is 5.82 Å². The number of halogens is 1. The van der Waals surface area contributed by atoms with Gasteiger partial charge in [0.1, 0.15) is 17.7 Å². The number of rotatable bonds is 4. The average Bonchev–Trinajstić information content (AvgIpc) is 2.80. The van der Waals surface area contributed by atoms with Crippen molar-refractivity contribution in [3.05, 3.63) is 29.6 Å². The maximum Gasteiger partial charge on any atom is 0.131 e. The smallest absolute Gasteiger partial charge is 0.131 e. The Morgan fingerprint density at radius 1 is 1.28 bits per heavy atom. The first-order valence-corrected chi connectivity index (χ1v) is 6.69. The van der Waals surface area contributed by atoms with Gasteiger partial charge in [-0.15, -0.1) is 0 Å². The van der Waals surface area contributed by atoms with Gasteiger partial charge in [-0.2, -0.15) is 0 Å². The fourth-order valence-corrected chi connectivity index (χ4v) is 2.45. The Morgan fingerprint density at radius 2 is 2.06 bits per heavy atom. The lowest BCUT2D eigenvalue weighted by Gasteiger charge is -2.28. The summed E-state index contributed by atoms with van der Waals surface area (Å²) in [7, 11) is 0. The highest BCUT2D eigenvalue weighted by Crippen LogP contribution is 2.21. The summed E-state index contributed by atoms with van der Waals surface area (Å²) in [6.45, 7) is 4.61. The second-order valence-corrected chi connectivity index (χ2v) is 5.13. The third-order valence-corrected chi connectivity index (χ3v) is 3.66. The fourth-order valence-electron chi connectivity index (χ4n) is 2.45. The van der Waals surface area contributed by atoms with Gasteiger partial charge >= 0.3 is 0 Å². The zero-order chi connectivity index (χ0) is 12.4. The summed E-state index contributed by atoms with van der Waals surface area (Å²) in [5.74, 6) is 0.496. The maximum atomic E-state index is 14.0. The fraction of sp³-hybridized carbons (Fsp3) is 0.571. The minimum atomic E-state index is -0.147. The summed E-state index contributed by atoms with van der Waals surface area (Å²) in [5, 5.41) is 3.13. The normalized spacial score (nSPS) is 20.9. The van der Waals surface area contributed by atoms with Crippen LogP contribution in [0.15, 0.2) is 18.2 Å². The Morgan fingerprint density at radius 3 is 2.67 bits per heavy atom. The van der Waals surface area contributed by atoms with E-state index in [1.807, 2.05) is 12.1 Å². The molecule has 0 saturated carbocycles. The molecule has 98 valence electrons. The van der Waals surface area contributed by atoms with Crippen molar-refractivity contribution in [3.63, 3.8) is 0 Å². The predicted octanol–water partition coefficient (Wildman–Crippen LogP) is 1.77. The number of hydrogen-bond donors (Lipinski definition) is 1. The first-order valence-electron chi connectivity index (χ1n) is 6.69. The summed E-state index contributed by atoms with van der Waals surface area (Å²) >= 11 is 0. The average molecular weight is 250 g/mol. The molecule has 3 rings (SSSR count). The molecular formula is C14H19FN2O. The van der Waals surface area contributed by atoms with E-state index in [1.165, 1.54) is 18.9 Å². The van der Waals surface area contributed by atoms with E-state index in [2.05, 4.69) is 10.2 Å². The Bertz CT molecular complexity index is 414. The third kappa shape index (κ3) is 2.65. The highest BCUT2D eigenvalue weighted by Gasteiger charge is 2.19. The van der Waals surface area contributed by atoms with Gasteiger partial charge in [0.25, 0.3) is 0 Å². The van der Waals surface area contributed by atoms with Crippen molar-refractivity contribution in [3.8, 4) is 5.75 Å². The van der Waals surface area contributed by atoms with Gasteiger partial charge in [-0.25, -0.2) is 4.39 Å². The predicted molar refractivity (Wildman–Crippen MR) is 68.2 cm³/mol. The van der Waals surface area contributed by atoms with Gasteiger partial charge in [0.15, 0.2) is 0 Å². The molecule has 2 saturated heterocycles. The van der Waals surface area contributed by atoms with E-state index in [4.69, 9.17) is 4.74 Å². The minimum absolute atomic E-state index is 0.147. The highest BCUT2D eigenvalue weighted by atomic mass is 19.1. The van der Waals surface area contributed by atoms with Crippen LogP contribution in [0.2, 0.25) is 0 Å². The molecule has 1 aromatic rings. The molecule has 2 aliphatic heterocycles. The van der Waals surface area contributed by atoms with Gasteiger partial charge in [-0.3, -0.25) is 4.90 Å². The zero-order valence-electron chi connectivity index (χ0n) is 10.5. The van der Waals surface area contributed by atoms with Gasteiger partial charge in [-0.05, 0) is 32.0 Å². The molecule has 0 atom stereocenters. The Labute approximate surface area is 107 Å². The number of nitrogens with one attached hydrogen (secondary N) is 1. The summed E-state index contributed by atoms with van der Waals surface area (Å²) < 4.78 is 19.6. The molecule has 1 N–H and O–H groups in total. The van der Waals surface area contributed by atoms with E-state index in [0.29, 0.717) is 5.75 Å². The Kier molecular flexibility index (Phi) is 3.48. The van der Waals surface area contributed by atoms with Crippen molar-refractivity contribution in [2.24, 2.45) is 0 Å². The molecule has 4 heteroatoms. The molecule has 0 aliphatic carbocycles. The monoisotopic (exact) mass is 250 g/mol. The molecule has 0 amide bonds. The largest absolute Gasteiger partial charge is 0.488 e. The lowest BCUT2D eigenvalue weighted by Crippen LogP contribution is -2.50. The van der Waals surface area contributed by atoms with Crippen molar-refractivity contribution in [2.75, 3.05) is 26.2 Å². The lowest BCUT2D eigenvalue weighted by molar-refractivity contribution is 0.141. The molecule has 0 bridgehead atoms. The van der Waals surface area contributed by atoms with Crippen LogP contribution < -0.4 is 10.1 Å². The van der Waals surface area contributed by atoms with Gasteiger partial charge in [-0.1, -0.05) is 6.07 Å². The van der Waals surface area contributed by atoms with Crippen molar-refractivity contribution in [2.45, 2.75) is 25.5 Å². The maximum absolute atomic E-state index is 14.0. The van der Waals surface area contributed by atoms with Gasteiger partial charge in [0.05, 0.1) is 0 Å².